The van der Waals surface area contributed by atoms with Gasteiger partial charge in [0.2, 0.25) is 0 Å². The highest BCUT2D eigenvalue weighted by Crippen LogP contribution is 2.24. The van der Waals surface area contributed by atoms with Crippen LogP contribution in [-0.2, 0) is 4.74 Å². The van der Waals surface area contributed by atoms with Crippen LogP contribution in [0.1, 0.15) is 30.1 Å². The first-order chi connectivity index (χ1) is 8.66. The van der Waals surface area contributed by atoms with Crippen LogP contribution in [0.5, 0.6) is 5.75 Å². The van der Waals surface area contributed by atoms with Gasteiger partial charge in [-0.3, -0.25) is 4.79 Å². The number of hydrogen-bond donors (Lipinski definition) is 1. The molecule has 4 nitrogen and oxygen atoms in total. The van der Waals surface area contributed by atoms with E-state index in [1.54, 1.807) is 18.2 Å². The standard InChI is InChI=1S/C14H19NO3/c1-10(16)13-8-12(15)2-3-14(13)18-9-11-4-6-17-7-5-11/h2-3,8,11H,4-7,9,15H2,1H3. The number of rotatable bonds is 4. The van der Waals surface area contributed by atoms with E-state index in [9.17, 15) is 4.79 Å². The van der Waals surface area contributed by atoms with Crippen molar-refractivity contribution < 1.29 is 14.3 Å². The summed E-state index contributed by atoms with van der Waals surface area (Å²) >= 11 is 0. The van der Waals surface area contributed by atoms with Gasteiger partial charge in [0.05, 0.1) is 12.2 Å². The lowest BCUT2D eigenvalue weighted by Crippen LogP contribution is -2.21. The number of nitrogens with two attached hydrogens (primary N) is 1. The van der Waals surface area contributed by atoms with E-state index in [1.165, 1.54) is 6.92 Å². The molecule has 0 aliphatic carbocycles. The molecular formula is C14H19NO3. The predicted molar refractivity (Wildman–Crippen MR) is 69.9 cm³/mol. The first-order valence-corrected chi connectivity index (χ1v) is 6.28. The largest absolute Gasteiger partial charge is 0.493 e. The van der Waals surface area contributed by atoms with Crippen LogP contribution >= 0.6 is 0 Å². The SMILES string of the molecule is CC(=O)c1cc(N)ccc1OCC1CCOCC1. The Morgan fingerprint density at radius 3 is 2.83 bits per heavy atom. The lowest BCUT2D eigenvalue weighted by Gasteiger charge is -2.22. The Hall–Kier alpha value is -1.55. The van der Waals surface area contributed by atoms with E-state index >= 15 is 0 Å². The zero-order valence-corrected chi connectivity index (χ0v) is 10.6. The number of carbonyl (C=O) groups excluding carboxylic acids is 1. The summed E-state index contributed by atoms with van der Waals surface area (Å²) in [6, 6.07) is 5.19. The van der Waals surface area contributed by atoms with Gasteiger partial charge in [-0.05, 0) is 43.9 Å². The summed E-state index contributed by atoms with van der Waals surface area (Å²) in [5, 5.41) is 0. The molecule has 0 unspecified atom stereocenters. The zero-order chi connectivity index (χ0) is 13.0. The quantitative estimate of drug-likeness (QED) is 0.657. The van der Waals surface area contributed by atoms with Crippen molar-refractivity contribution in [2.75, 3.05) is 25.6 Å². The molecular weight excluding hydrogens is 230 g/mol. The van der Waals surface area contributed by atoms with Crippen molar-refractivity contribution in [2.45, 2.75) is 19.8 Å². The molecule has 98 valence electrons. The summed E-state index contributed by atoms with van der Waals surface area (Å²) in [4.78, 5) is 11.5. The molecule has 0 radical (unpaired) electrons. The van der Waals surface area contributed by atoms with Gasteiger partial charge in [0, 0.05) is 18.9 Å². The van der Waals surface area contributed by atoms with Crippen LogP contribution in [0.4, 0.5) is 5.69 Å². The highest BCUT2D eigenvalue weighted by atomic mass is 16.5. The van der Waals surface area contributed by atoms with Crippen molar-refractivity contribution in [3.8, 4) is 5.75 Å². The van der Waals surface area contributed by atoms with Crippen molar-refractivity contribution in [3.05, 3.63) is 23.8 Å². The minimum atomic E-state index is -0.0238. The average Bonchev–Trinajstić information content (AvgIpc) is 2.38. The Labute approximate surface area is 107 Å². The number of Topliss-reactive ketones (excluding diaryl/α,β-unsaturated/α-hetero) is 1. The third-order valence-electron chi connectivity index (χ3n) is 3.20. The van der Waals surface area contributed by atoms with Crippen LogP contribution in [0.25, 0.3) is 0 Å². The number of nitrogen functional groups attached to an aromatic ring is 1. The van der Waals surface area contributed by atoms with Crippen LogP contribution < -0.4 is 10.5 Å². The maximum absolute atomic E-state index is 11.5. The molecule has 0 aromatic heterocycles. The lowest BCUT2D eigenvalue weighted by molar-refractivity contribution is 0.0495. The Morgan fingerprint density at radius 2 is 2.17 bits per heavy atom. The van der Waals surface area contributed by atoms with E-state index in [0.717, 1.165) is 26.1 Å². The highest BCUT2D eigenvalue weighted by Gasteiger charge is 2.16. The molecule has 1 fully saturated rings. The summed E-state index contributed by atoms with van der Waals surface area (Å²) in [7, 11) is 0. The van der Waals surface area contributed by atoms with E-state index in [1.807, 2.05) is 0 Å². The van der Waals surface area contributed by atoms with Crippen LogP contribution in [0.15, 0.2) is 18.2 Å². The smallest absolute Gasteiger partial charge is 0.163 e. The Kier molecular flexibility index (Phi) is 4.20. The molecule has 1 aromatic carbocycles. The summed E-state index contributed by atoms with van der Waals surface area (Å²) in [6.45, 7) is 3.76. The average molecular weight is 249 g/mol. The fourth-order valence-electron chi connectivity index (χ4n) is 2.07. The molecule has 0 bridgehead atoms. The predicted octanol–water partition coefficient (Wildman–Crippen LogP) is 2.28. The van der Waals surface area contributed by atoms with Crippen LogP contribution in [-0.4, -0.2) is 25.6 Å². The van der Waals surface area contributed by atoms with Crippen molar-refractivity contribution >= 4 is 11.5 Å². The second-order valence-corrected chi connectivity index (χ2v) is 4.68. The number of ether oxygens (including phenoxy) is 2. The monoisotopic (exact) mass is 249 g/mol. The van der Waals surface area contributed by atoms with Gasteiger partial charge in [0.25, 0.3) is 0 Å². The van der Waals surface area contributed by atoms with Crippen molar-refractivity contribution in [3.63, 3.8) is 0 Å². The normalized spacial score (nSPS) is 16.5. The van der Waals surface area contributed by atoms with Crippen molar-refractivity contribution in [1.82, 2.24) is 0 Å². The molecule has 0 saturated carbocycles. The number of hydrogen-bond acceptors (Lipinski definition) is 4. The molecule has 18 heavy (non-hydrogen) atoms. The minimum Gasteiger partial charge on any atom is -0.493 e. The molecule has 1 aliphatic rings. The second-order valence-electron chi connectivity index (χ2n) is 4.68. The fraction of sp³-hybridized carbons (Fsp3) is 0.500. The summed E-state index contributed by atoms with van der Waals surface area (Å²) in [5.41, 5.74) is 6.82. The van der Waals surface area contributed by atoms with E-state index in [2.05, 4.69) is 0 Å². The second kappa shape index (κ2) is 5.87. The van der Waals surface area contributed by atoms with E-state index < -0.39 is 0 Å². The maximum Gasteiger partial charge on any atom is 0.163 e. The van der Waals surface area contributed by atoms with Gasteiger partial charge in [-0.1, -0.05) is 0 Å². The van der Waals surface area contributed by atoms with Gasteiger partial charge in [-0.2, -0.15) is 0 Å². The number of benzene rings is 1. The van der Waals surface area contributed by atoms with Crippen molar-refractivity contribution in [2.24, 2.45) is 5.92 Å². The van der Waals surface area contributed by atoms with Crippen LogP contribution in [0.2, 0.25) is 0 Å². The topological polar surface area (TPSA) is 61.6 Å². The van der Waals surface area contributed by atoms with Crippen LogP contribution in [0, 0.1) is 5.92 Å². The molecule has 1 heterocycles. The van der Waals surface area contributed by atoms with E-state index in [-0.39, 0.29) is 5.78 Å². The first-order valence-electron chi connectivity index (χ1n) is 6.28. The summed E-state index contributed by atoms with van der Waals surface area (Å²) < 4.78 is 11.1. The maximum atomic E-state index is 11.5. The fourth-order valence-corrected chi connectivity index (χ4v) is 2.07. The van der Waals surface area contributed by atoms with Gasteiger partial charge in [-0.25, -0.2) is 0 Å². The first kappa shape index (κ1) is 12.9. The summed E-state index contributed by atoms with van der Waals surface area (Å²) in [6.07, 6.45) is 2.04. The molecule has 0 spiro atoms. The molecule has 1 aromatic rings. The third-order valence-corrected chi connectivity index (χ3v) is 3.20. The number of ketones is 1. The van der Waals surface area contributed by atoms with Gasteiger partial charge in [0.15, 0.2) is 5.78 Å². The molecule has 2 N–H and O–H groups in total. The molecule has 4 heteroatoms. The third kappa shape index (κ3) is 3.23. The van der Waals surface area contributed by atoms with Gasteiger partial charge in [0.1, 0.15) is 5.75 Å². The number of anilines is 1. The summed E-state index contributed by atoms with van der Waals surface area (Å²) in [5.74, 6) is 1.11. The Balaban J connectivity index is 2.01. The van der Waals surface area contributed by atoms with Gasteiger partial charge in [-0.15, -0.1) is 0 Å². The highest BCUT2D eigenvalue weighted by molar-refractivity contribution is 5.97. The van der Waals surface area contributed by atoms with Crippen LogP contribution in [0.3, 0.4) is 0 Å². The van der Waals surface area contributed by atoms with Crippen molar-refractivity contribution in [1.29, 1.82) is 0 Å². The molecule has 0 amide bonds. The number of carbonyl (C=O) groups is 1. The molecule has 0 atom stereocenters. The lowest BCUT2D eigenvalue weighted by atomic mass is 10.0. The zero-order valence-electron chi connectivity index (χ0n) is 10.6. The molecule has 2 rings (SSSR count). The van der Waals surface area contributed by atoms with Gasteiger partial charge < -0.3 is 15.2 Å². The van der Waals surface area contributed by atoms with E-state index in [4.69, 9.17) is 15.2 Å². The Bertz CT molecular complexity index is 425. The Morgan fingerprint density at radius 1 is 1.44 bits per heavy atom. The minimum absolute atomic E-state index is 0.0238. The molecule has 1 saturated heterocycles. The van der Waals surface area contributed by atoms with E-state index in [0.29, 0.717) is 29.5 Å². The van der Waals surface area contributed by atoms with Gasteiger partial charge >= 0.3 is 0 Å². The molecule has 1 aliphatic heterocycles.